The summed E-state index contributed by atoms with van der Waals surface area (Å²) in [5, 5.41) is 2.54. The zero-order valence-corrected chi connectivity index (χ0v) is 13.9. The van der Waals surface area contributed by atoms with Gasteiger partial charge >= 0.3 is 6.09 Å². The molecule has 0 saturated heterocycles. The fourth-order valence-electron chi connectivity index (χ4n) is 2.92. The average Bonchev–Trinajstić information content (AvgIpc) is 2.45. The Bertz CT molecular complexity index is 572. The van der Waals surface area contributed by atoms with Crippen molar-refractivity contribution in [3.05, 3.63) is 29.6 Å². The number of nitrogens with one attached hydrogen (secondary N) is 1. The van der Waals surface area contributed by atoms with Gasteiger partial charge in [-0.25, -0.2) is 9.18 Å². The Balaban J connectivity index is 2.01. The molecule has 1 saturated carbocycles. The van der Waals surface area contributed by atoms with E-state index in [2.05, 4.69) is 5.32 Å². The Kier molecular flexibility index (Phi) is 5.39. The van der Waals surface area contributed by atoms with Gasteiger partial charge in [0, 0.05) is 11.6 Å². The molecular weight excluding hydrogens is 297 g/mol. The molecule has 1 N–H and O–H groups in total. The fourth-order valence-corrected chi connectivity index (χ4v) is 2.92. The molecule has 0 aliphatic heterocycles. The standard InChI is InChI=1S/C18H24FNO3/c1-18(2,3)23-17(22)20-14-8-9-15(16(19)10-14)13-6-4-12(11-21)5-7-13/h8-13H,4-7H2,1-3H3,(H,20,22). The maximum Gasteiger partial charge on any atom is 0.412 e. The highest BCUT2D eigenvalue weighted by atomic mass is 19.1. The first-order valence-corrected chi connectivity index (χ1v) is 8.03. The summed E-state index contributed by atoms with van der Waals surface area (Å²) in [5.74, 6) is -0.0719. The number of halogens is 1. The number of hydrogen-bond donors (Lipinski definition) is 1. The Morgan fingerprint density at radius 2 is 1.91 bits per heavy atom. The summed E-state index contributed by atoms with van der Waals surface area (Å²) in [6.45, 7) is 5.31. The molecule has 1 fully saturated rings. The molecule has 0 aromatic heterocycles. The molecule has 1 aromatic rings. The second kappa shape index (κ2) is 7.11. The van der Waals surface area contributed by atoms with Gasteiger partial charge in [0.05, 0.1) is 0 Å². The summed E-state index contributed by atoms with van der Waals surface area (Å²) in [6, 6.07) is 4.73. The SMILES string of the molecule is CC(C)(C)OC(=O)Nc1ccc(C2CCC(C=O)CC2)c(F)c1. The highest BCUT2D eigenvalue weighted by Crippen LogP contribution is 2.36. The summed E-state index contributed by atoms with van der Waals surface area (Å²) < 4.78 is 19.5. The number of hydrogen-bond acceptors (Lipinski definition) is 3. The van der Waals surface area contributed by atoms with Gasteiger partial charge in [0.15, 0.2) is 0 Å². The van der Waals surface area contributed by atoms with Crippen LogP contribution >= 0.6 is 0 Å². The minimum Gasteiger partial charge on any atom is -0.444 e. The largest absolute Gasteiger partial charge is 0.444 e. The van der Waals surface area contributed by atoms with Crippen molar-refractivity contribution in [2.24, 2.45) is 5.92 Å². The smallest absolute Gasteiger partial charge is 0.412 e. The number of aldehydes is 1. The van der Waals surface area contributed by atoms with E-state index in [4.69, 9.17) is 4.74 Å². The second-order valence-electron chi connectivity index (χ2n) is 7.11. The molecule has 23 heavy (non-hydrogen) atoms. The van der Waals surface area contributed by atoms with Crippen LogP contribution in [-0.2, 0) is 9.53 Å². The lowest BCUT2D eigenvalue weighted by Gasteiger charge is -2.26. The van der Waals surface area contributed by atoms with E-state index < -0.39 is 11.7 Å². The minimum atomic E-state index is -0.601. The van der Waals surface area contributed by atoms with Crippen LogP contribution in [0.4, 0.5) is 14.9 Å². The monoisotopic (exact) mass is 321 g/mol. The quantitative estimate of drug-likeness (QED) is 0.825. The van der Waals surface area contributed by atoms with Crippen molar-refractivity contribution in [2.45, 2.75) is 58.0 Å². The van der Waals surface area contributed by atoms with Crippen LogP contribution in [0.2, 0.25) is 0 Å². The van der Waals surface area contributed by atoms with E-state index in [1.54, 1.807) is 32.9 Å². The Morgan fingerprint density at radius 3 is 2.43 bits per heavy atom. The van der Waals surface area contributed by atoms with Gasteiger partial charge in [-0.1, -0.05) is 6.07 Å². The third kappa shape index (κ3) is 5.05. The molecule has 5 heteroatoms. The molecule has 1 amide bonds. The fraction of sp³-hybridized carbons (Fsp3) is 0.556. The van der Waals surface area contributed by atoms with Crippen molar-refractivity contribution in [3.8, 4) is 0 Å². The number of benzene rings is 1. The van der Waals surface area contributed by atoms with Crippen LogP contribution in [0.5, 0.6) is 0 Å². The summed E-state index contributed by atoms with van der Waals surface area (Å²) >= 11 is 0. The Morgan fingerprint density at radius 1 is 1.26 bits per heavy atom. The third-order valence-corrected chi connectivity index (χ3v) is 4.05. The molecule has 1 aromatic carbocycles. The van der Waals surface area contributed by atoms with Crippen molar-refractivity contribution in [3.63, 3.8) is 0 Å². The van der Waals surface area contributed by atoms with Crippen LogP contribution in [0, 0.1) is 11.7 Å². The van der Waals surface area contributed by atoms with Gasteiger partial charge in [-0.3, -0.25) is 5.32 Å². The number of rotatable bonds is 3. The molecule has 1 aliphatic carbocycles. The van der Waals surface area contributed by atoms with Crippen molar-refractivity contribution >= 4 is 18.1 Å². The zero-order chi connectivity index (χ0) is 17.0. The van der Waals surface area contributed by atoms with Gasteiger partial charge < -0.3 is 9.53 Å². The molecule has 0 heterocycles. The van der Waals surface area contributed by atoms with Crippen molar-refractivity contribution < 1.29 is 18.7 Å². The highest BCUT2D eigenvalue weighted by molar-refractivity contribution is 5.84. The van der Waals surface area contributed by atoms with Gasteiger partial charge in [-0.15, -0.1) is 0 Å². The van der Waals surface area contributed by atoms with E-state index in [1.807, 2.05) is 0 Å². The van der Waals surface area contributed by atoms with E-state index in [-0.39, 0.29) is 17.7 Å². The van der Waals surface area contributed by atoms with Crippen LogP contribution in [0.15, 0.2) is 18.2 Å². The maximum atomic E-state index is 14.3. The van der Waals surface area contributed by atoms with Gasteiger partial charge in [0.25, 0.3) is 0 Å². The first kappa shape index (κ1) is 17.4. The van der Waals surface area contributed by atoms with Gasteiger partial charge in [0.1, 0.15) is 17.7 Å². The molecule has 1 aliphatic rings. The molecule has 0 radical (unpaired) electrons. The van der Waals surface area contributed by atoms with Gasteiger partial charge in [-0.05, 0) is 70.1 Å². The molecule has 0 bridgehead atoms. The van der Waals surface area contributed by atoms with E-state index in [0.717, 1.165) is 32.0 Å². The molecule has 2 rings (SSSR count). The van der Waals surface area contributed by atoms with Crippen molar-refractivity contribution in [1.82, 2.24) is 0 Å². The van der Waals surface area contributed by atoms with Crippen LogP contribution in [-0.4, -0.2) is 18.0 Å². The van der Waals surface area contributed by atoms with E-state index in [0.29, 0.717) is 11.3 Å². The highest BCUT2D eigenvalue weighted by Gasteiger charge is 2.24. The first-order valence-electron chi connectivity index (χ1n) is 8.03. The summed E-state index contributed by atoms with van der Waals surface area (Å²) in [5.41, 5.74) is 0.436. The lowest BCUT2D eigenvalue weighted by Crippen LogP contribution is -2.27. The number of carbonyl (C=O) groups excluding carboxylic acids is 2. The molecule has 0 atom stereocenters. The number of anilines is 1. The van der Waals surface area contributed by atoms with Gasteiger partial charge in [-0.2, -0.15) is 0 Å². The average molecular weight is 321 g/mol. The molecule has 4 nitrogen and oxygen atoms in total. The summed E-state index contributed by atoms with van der Waals surface area (Å²) in [4.78, 5) is 22.5. The van der Waals surface area contributed by atoms with Crippen LogP contribution in [0.3, 0.4) is 0 Å². The lowest BCUT2D eigenvalue weighted by molar-refractivity contribution is -0.111. The predicted octanol–water partition coefficient (Wildman–Crippen LogP) is 4.65. The normalized spacial score (nSPS) is 21.6. The predicted molar refractivity (Wildman–Crippen MR) is 87.0 cm³/mol. The second-order valence-corrected chi connectivity index (χ2v) is 7.11. The number of ether oxygens (including phenoxy) is 1. The summed E-state index contributed by atoms with van der Waals surface area (Å²) in [6.07, 6.45) is 3.66. The topological polar surface area (TPSA) is 55.4 Å². The zero-order valence-electron chi connectivity index (χ0n) is 13.9. The lowest BCUT2D eigenvalue weighted by atomic mass is 9.79. The van der Waals surface area contributed by atoms with Crippen LogP contribution < -0.4 is 5.32 Å². The number of amides is 1. The minimum absolute atomic E-state index is 0.113. The van der Waals surface area contributed by atoms with Gasteiger partial charge in [0.2, 0.25) is 0 Å². The number of carbonyl (C=O) groups is 2. The molecule has 126 valence electrons. The third-order valence-electron chi connectivity index (χ3n) is 4.05. The molecule has 0 spiro atoms. The van der Waals surface area contributed by atoms with Crippen molar-refractivity contribution in [2.75, 3.05) is 5.32 Å². The Hall–Kier alpha value is -1.91. The van der Waals surface area contributed by atoms with E-state index in [9.17, 15) is 14.0 Å². The van der Waals surface area contributed by atoms with Crippen molar-refractivity contribution in [1.29, 1.82) is 0 Å². The summed E-state index contributed by atoms with van der Waals surface area (Å²) in [7, 11) is 0. The first-order chi connectivity index (χ1) is 10.8. The van der Waals surface area contributed by atoms with Crippen LogP contribution in [0.1, 0.15) is 57.9 Å². The van der Waals surface area contributed by atoms with Crippen LogP contribution in [0.25, 0.3) is 0 Å². The Labute approximate surface area is 136 Å². The molecular formula is C18H24FNO3. The van der Waals surface area contributed by atoms with E-state index >= 15 is 0 Å². The van der Waals surface area contributed by atoms with E-state index in [1.165, 1.54) is 6.07 Å². The maximum absolute atomic E-state index is 14.3. The molecule has 0 unspecified atom stereocenters.